The van der Waals surface area contributed by atoms with E-state index in [1.165, 1.54) is 11.3 Å². The van der Waals surface area contributed by atoms with E-state index in [1.54, 1.807) is 0 Å². The van der Waals surface area contributed by atoms with E-state index < -0.39 is 0 Å². The van der Waals surface area contributed by atoms with Gasteiger partial charge in [-0.2, -0.15) is 0 Å². The minimum absolute atomic E-state index is 0.350. The topological polar surface area (TPSA) is 22.0 Å². The van der Waals surface area contributed by atoms with E-state index in [1.807, 2.05) is 28.8 Å². The lowest BCUT2D eigenvalue weighted by Crippen LogP contribution is -1.97. The van der Waals surface area contributed by atoms with E-state index >= 15 is 0 Å². The number of carbonyl (C=O) groups is 1. The van der Waals surface area contributed by atoms with Crippen LogP contribution in [0.1, 0.15) is 0 Å². The van der Waals surface area contributed by atoms with E-state index in [0.29, 0.717) is 6.54 Å². The summed E-state index contributed by atoms with van der Waals surface area (Å²) in [4.78, 5) is 10.4. The molecule has 0 amide bonds. The molecule has 0 spiro atoms. The van der Waals surface area contributed by atoms with Gasteiger partial charge in [-0.05, 0) is 24.4 Å². The molecule has 0 aliphatic rings. The summed E-state index contributed by atoms with van der Waals surface area (Å²) in [7, 11) is 0. The number of thiazole rings is 1. The SMILES string of the molecule is O=CCn1c(=S)sc2ccccc21. The fourth-order valence-corrected chi connectivity index (χ4v) is 2.60. The van der Waals surface area contributed by atoms with Crippen LogP contribution < -0.4 is 0 Å². The summed E-state index contributed by atoms with van der Waals surface area (Å²) in [6.07, 6.45) is 0.870. The third-order valence-electron chi connectivity index (χ3n) is 1.83. The van der Waals surface area contributed by atoms with Crippen molar-refractivity contribution in [1.82, 2.24) is 4.57 Å². The maximum absolute atomic E-state index is 10.4. The van der Waals surface area contributed by atoms with Crippen LogP contribution in [0, 0.1) is 3.95 Å². The number of hydrogen-bond donors (Lipinski definition) is 0. The van der Waals surface area contributed by atoms with Gasteiger partial charge in [0.1, 0.15) is 6.29 Å². The molecule has 0 fully saturated rings. The first-order valence-corrected chi connectivity index (χ1v) is 5.07. The van der Waals surface area contributed by atoms with Crippen molar-refractivity contribution in [2.24, 2.45) is 0 Å². The standard InChI is InChI=1S/C9H7NOS2/c11-6-5-10-7-3-1-2-4-8(7)13-9(10)12/h1-4,6H,5H2. The molecule has 4 heteroatoms. The molecule has 2 rings (SSSR count). The summed E-state index contributed by atoms with van der Waals surface area (Å²) in [5.41, 5.74) is 1.05. The molecule has 0 saturated heterocycles. The van der Waals surface area contributed by atoms with Crippen LogP contribution >= 0.6 is 23.6 Å². The van der Waals surface area contributed by atoms with E-state index in [9.17, 15) is 4.79 Å². The Balaban J connectivity index is 2.78. The molecule has 0 radical (unpaired) electrons. The highest BCUT2D eigenvalue weighted by molar-refractivity contribution is 7.73. The number of nitrogens with zero attached hydrogens (tertiary/aromatic N) is 1. The molecular formula is C9H7NOS2. The summed E-state index contributed by atoms with van der Waals surface area (Å²) < 4.78 is 3.74. The van der Waals surface area contributed by atoms with Crippen molar-refractivity contribution in [3.05, 3.63) is 28.2 Å². The molecule has 2 aromatic rings. The first kappa shape index (κ1) is 8.59. The van der Waals surface area contributed by atoms with Crippen LogP contribution in [-0.4, -0.2) is 10.9 Å². The number of para-hydroxylation sites is 1. The summed E-state index contributed by atoms with van der Waals surface area (Å²) in [5.74, 6) is 0. The van der Waals surface area contributed by atoms with Gasteiger partial charge in [-0.25, -0.2) is 0 Å². The van der Waals surface area contributed by atoms with Crippen LogP contribution in [0.15, 0.2) is 24.3 Å². The minimum Gasteiger partial charge on any atom is -0.316 e. The molecule has 0 saturated carbocycles. The normalized spacial score (nSPS) is 10.5. The number of fused-ring (bicyclic) bond motifs is 1. The summed E-state index contributed by atoms with van der Waals surface area (Å²) in [6.45, 7) is 0.350. The molecule has 0 aliphatic carbocycles. The first-order valence-electron chi connectivity index (χ1n) is 3.85. The van der Waals surface area contributed by atoms with Gasteiger partial charge in [-0.15, -0.1) is 11.3 Å². The Bertz CT molecular complexity index is 498. The Labute approximate surface area is 84.4 Å². The lowest BCUT2D eigenvalue weighted by Gasteiger charge is -1.96. The number of rotatable bonds is 2. The Morgan fingerprint density at radius 3 is 3.00 bits per heavy atom. The fraction of sp³-hybridized carbons (Fsp3) is 0.111. The van der Waals surface area contributed by atoms with Crippen molar-refractivity contribution < 1.29 is 4.79 Å². The molecule has 0 aliphatic heterocycles. The van der Waals surface area contributed by atoms with Crippen molar-refractivity contribution >= 4 is 40.1 Å². The zero-order valence-electron chi connectivity index (χ0n) is 6.77. The van der Waals surface area contributed by atoms with Crippen LogP contribution in [0.5, 0.6) is 0 Å². The zero-order chi connectivity index (χ0) is 9.26. The van der Waals surface area contributed by atoms with Crippen molar-refractivity contribution in [2.45, 2.75) is 6.54 Å². The molecule has 1 aromatic heterocycles. The number of carbonyl (C=O) groups excluding carboxylic acids is 1. The molecule has 1 aromatic carbocycles. The maximum Gasteiger partial charge on any atom is 0.162 e. The van der Waals surface area contributed by atoms with Crippen molar-refractivity contribution in [1.29, 1.82) is 0 Å². The van der Waals surface area contributed by atoms with E-state index in [-0.39, 0.29) is 0 Å². The Hall–Kier alpha value is -1.00. The molecule has 0 bridgehead atoms. The van der Waals surface area contributed by atoms with Crippen molar-refractivity contribution in [3.63, 3.8) is 0 Å². The quantitative estimate of drug-likeness (QED) is 0.560. The van der Waals surface area contributed by atoms with Gasteiger partial charge in [0, 0.05) is 0 Å². The Morgan fingerprint density at radius 2 is 2.23 bits per heavy atom. The molecule has 2 nitrogen and oxygen atoms in total. The second-order valence-electron chi connectivity index (χ2n) is 2.61. The maximum atomic E-state index is 10.4. The summed E-state index contributed by atoms with van der Waals surface area (Å²) >= 11 is 6.68. The molecule has 0 unspecified atom stereocenters. The number of aromatic nitrogens is 1. The van der Waals surface area contributed by atoms with Crippen LogP contribution in [0.4, 0.5) is 0 Å². The predicted molar refractivity (Wildman–Crippen MR) is 56.7 cm³/mol. The number of benzene rings is 1. The molecule has 66 valence electrons. The molecule has 1 heterocycles. The number of aldehydes is 1. The second-order valence-corrected chi connectivity index (χ2v) is 4.29. The van der Waals surface area contributed by atoms with E-state index in [2.05, 4.69) is 0 Å². The Morgan fingerprint density at radius 1 is 1.46 bits per heavy atom. The largest absolute Gasteiger partial charge is 0.316 e. The third-order valence-corrected chi connectivity index (χ3v) is 3.26. The summed E-state index contributed by atoms with van der Waals surface area (Å²) in [6, 6.07) is 7.91. The van der Waals surface area contributed by atoms with Crippen LogP contribution in [-0.2, 0) is 11.3 Å². The fourth-order valence-electron chi connectivity index (χ4n) is 1.26. The zero-order valence-corrected chi connectivity index (χ0v) is 8.40. The van der Waals surface area contributed by atoms with Gasteiger partial charge in [0.15, 0.2) is 3.95 Å². The second kappa shape index (κ2) is 3.40. The van der Waals surface area contributed by atoms with Gasteiger partial charge < -0.3 is 9.36 Å². The van der Waals surface area contributed by atoms with Gasteiger partial charge in [0.2, 0.25) is 0 Å². The van der Waals surface area contributed by atoms with Gasteiger partial charge >= 0.3 is 0 Å². The highest BCUT2D eigenvalue weighted by atomic mass is 32.1. The van der Waals surface area contributed by atoms with Crippen LogP contribution in [0.2, 0.25) is 0 Å². The molecule has 0 N–H and O–H groups in total. The lowest BCUT2D eigenvalue weighted by atomic mass is 10.3. The highest BCUT2D eigenvalue weighted by Crippen LogP contribution is 2.21. The van der Waals surface area contributed by atoms with Crippen LogP contribution in [0.25, 0.3) is 10.2 Å². The monoisotopic (exact) mass is 209 g/mol. The van der Waals surface area contributed by atoms with E-state index in [4.69, 9.17) is 12.2 Å². The predicted octanol–water partition coefficient (Wildman–Crippen LogP) is 2.63. The lowest BCUT2D eigenvalue weighted by molar-refractivity contribution is -0.108. The smallest absolute Gasteiger partial charge is 0.162 e. The summed E-state index contributed by atoms with van der Waals surface area (Å²) in [5, 5.41) is 0. The van der Waals surface area contributed by atoms with E-state index in [0.717, 1.165) is 20.5 Å². The van der Waals surface area contributed by atoms with Gasteiger partial charge in [-0.1, -0.05) is 12.1 Å². The average Bonchev–Trinajstić information content (AvgIpc) is 2.44. The van der Waals surface area contributed by atoms with Gasteiger partial charge in [0.25, 0.3) is 0 Å². The van der Waals surface area contributed by atoms with Crippen molar-refractivity contribution in [2.75, 3.05) is 0 Å². The van der Waals surface area contributed by atoms with Crippen LogP contribution in [0.3, 0.4) is 0 Å². The molecule has 0 atom stereocenters. The average molecular weight is 209 g/mol. The highest BCUT2D eigenvalue weighted by Gasteiger charge is 2.02. The Kier molecular flexibility index (Phi) is 2.24. The number of hydrogen-bond acceptors (Lipinski definition) is 3. The van der Waals surface area contributed by atoms with Crippen molar-refractivity contribution in [3.8, 4) is 0 Å². The minimum atomic E-state index is 0.350. The van der Waals surface area contributed by atoms with Gasteiger partial charge in [-0.3, -0.25) is 0 Å². The van der Waals surface area contributed by atoms with Gasteiger partial charge in [0.05, 0.1) is 16.8 Å². The molecule has 13 heavy (non-hydrogen) atoms. The molecular weight excluding hydrogens is 202 g/mol. The third kappa shape index (κ3) is 1.43. The first-order chi connectivity index (χ1) is 6.33.